The van der Waals surface area contributed by atoms with Crippen molar-refractivity contribution in [3.05, 3.63) is 46.2 Å². The third-order valence-electron chi connectivity index (χ3n) is 5.93. The van der Waals surface area contributed by atoms with Crippen molar-refractivity contribution in [3.8, 4) is 0 Å². The number of anilines is 2. The zero-order chi connectivity index (χ0) is 22.0. The van der Waals surface area contributed by atoms with Gasteiger partial charge < -0.3 is 15.1 Å². The fourth-order valence-electron chi connectivity index (χ4n) is 4.30. The summed E-state index contributed by atoms with van der Waals surface area (Å²) in [7, 11) is 0. The molecule has 1 atom stereocenters. The minimum Gasteiger partial charge on any atom is -0.344 e. The van der Waals surface area contributed by atoms with Gasteiger partial charge in [0.1, 0.15) is 6.04 Å². The Kier molecular flexibility index (Phi) is 6.41. The van der Waals surface area contributed by atoms with Gasteiger partial charge in [0.15, 0.2) is 0 Å². The number of carbonyl (C=O) groups excluding carboxylic acids is 3. The molecule has 0 bridgehead atoms. The van der Waals surface area contributed by atoms with Gasteiger partial charge in [-0.3, -0.25) is 14.4 Å². The predicted molar refractivity (Wildman–Crippen MR) is 123 cm³/mol. The second kappa shape index (κ2) is 9.22. The summed E-state index contributed by atoms with van der Waals surface area (Å²) < 4.78 is 0. The first-order chi connectivity index (χ1) is 14.9. The number of nitrogens with one attached hydrogen (secondary N) is 1. The van der Waals surface area contributed by atoms with E-state index in [-0.39, 0.29) is 17.7 Å². The van der Waals surface area contributed by atoms with E-state index in [2.05, 4.69) is 19.2 Å². The van der Waals surface area contributed by atoms with Crippen molar-refractivity contribution in [2.24, 2.45) is 5.92 Å². The maximum atomic E-state index is 13.5. The number of amides is 3. The topological polar surface area (TPSA) is 69.7 Å². The summed E-state index contributed by atoms with van der Waals surface area (Å²) in [6.07, 6.45) is 3.02. The van der Waals surface area contributed by atoms with E-state index in [1.165, 1.54) is 0 Å². The van der Waals surface area contributed by atoms with Gasteiger partial charge in [0.2, 0.25) is 17.7 Å². The number of hydrogen-bond acceptors (Lipinski definition) is 4. The Hall–Kier alpha value is -2.67. The van der Waals surface area contributed by atoms with E-state index >= 15 is 0 Å². The Bertz CT molecular complexity index is 970. The van der Waals surface area contributed by atoms with E-state index in [0.717, 1.165) is 35.3 Å². The van der Waals surface area contributed by atoms with E-state index in [0.29, 0.717) is 38.3 Å². The van der Waals surface area contributed by atoms with E-state index in [4.69, 9.17) is 0 Å². The molecule has 1 N–H and O–H groups in total. The first kappa shape index (κ1) is 21.6. The molecule has 1 aromatic carbocycles. The average molecular weight is 440 g/mol. The number of carbonyl (C=O) groups is 3. The monoisotopic (exact) mass is 439 g/mol. The molecular formula is C24H29N3O3S. The SMILES string of the molecule is CC(C)CCC(=O)NC1Cc2cccc(N3CCCC3=O)c2N(Cc2ccsc2)C1=O. The summed E-state index contributed by atoms with van der Waals surface area (Å²) in [5.74, 6) is 0.331. The van der Waals surface area contributed by atoms with Gasteiger partial charge >= 0.3 is 0 Å². The fourth-order valence-corrected chi connectivity index (χ4v) is 4.96. The highest BCUT2D eigenvalue weighted by atomic mass is 32.1. The quantitative estimate of drug-likeness (QED) is 0.712. The van der Waals surface area contributed by atoms with Crippen molar-refractivity contribution < 1.29 is 14.4 Å². The Morgan fingerprint density at radius 3 is 2.77 bits per heavy atom. The van der Waals surface area contributed by atoms with Crippen molar-refractivity contribution in [1.82, 2.24) is 5.32 Å². The lowest BCUT2D eigenvalue weighted by molar-refractivity contribution is -0.128. The first-order valence-electron chi connectivity index (χ1n) is 11.0. The highest BCUT2D eigenvalue weighted by molar-refractivity contribution is 7.07. The van der Waals surface area contributed by atoms with Crippen LogP contribution in [-0.2, 0) is 27.3 Å². The summed E-state index contributed by atoms with van der Waals surface area (Å²) >= 11 is 1.59. The van der Waals surface area contributed by atoms with E-state index in [9.17, 15) is 14.4 Å². The summed E-state index contributed by atoms with van der Waals surface area (Å²) in [5, 5.41) is 6.99. The normalized spacial score (nSPS) is 18.6. The standard InChI is InChI=1S/C24H29N3O3S/c1-16(2)8-9-21(28)25-19-13-18-5-3-6-20(26-11-4-7-22(26)29)23(18)27(24(19)30)14-17-10-12-31-15-17/h3,5-6,10,12,15-16,19H,4,7-9,11,13-14H2,1-2H3,(H,25,28). The Morgan fingerprint density at radius 1 is 1.26 bits per heavy atom. The molecule has 4 rings (SSSR count). The molecule has 1 saturated heterocycles. The number of nitrogens with zero attached hydrogens (tertiary/aromatic N) is 2. The van der Waals surface area contributed by atoms with E-state index in [1.807, 2.05) is 35.0 Å². The second-order valence-corrected chi connectivity index (χ2v) is 9.53. The molecule has 2 aliphatic rings. The van der Waals surface area contributed by atoms with Crippen molar-refractivity contribution >= 4 is 40.4 Å². The molecule has 31 heavy (non-hydrogen) atoms. The van der Waals surface area contributed by atoms with Crippen LogP contribution in [0.5, 0.6) is 0 Å². The third-order valence-corrected chi connectivity index (χ3v) is 6.66. The number of hydrogen-bond donors (Lipinski definition) is 1. The smallest absolute Gasteiger partial charge is 0.250 e. The molecule has 0 radical (unpaired) electrons. The summed E-state index contributed by atoms with van der Waals surface area (Å²) in [6.45, 7) is 5.26. The van der Waals surface area contributed by atoms with Crippen molar-refractivity contribution in [2.45, 2.75) is 58.5 Å². The van der Waals surface area contributed by atoms with Crippen molar-refractivity contribution in [3.63, 3.8) is 0 Å². The van der Waals surface area contributed by atoms with Crippen LogP contribution in [0.4, 0.5) is 11.4 Å². The molecule has 1 fully saturated rings. The molecule has 7 heteroatoms. The van der Waals surface area contributed by atoms with Crippen LogP contribution < -0.4 is 15.1 Å². The van der Waals surface area contributed by atoms with Crippen LogP contribution in [0.2, 0.25) is 0 Å². The molecule has 6 nitrogen and oxygen atoms in total. The maximum absolute atomic E-state index is 13.5. The molecule has 0 saturated carbocycles. The van der Waals surface area contributed by atoms with Gasteiger partial charge in [-0.25, -0.2) is 0 Å². The Labute approximate surface area is 187 Å². The van der Waals surface area contributed by atoms with Crippen molar-refractivity contribution in [1.29, 1.82) is 0 Å². The number of benzene rings is 1. The summed E-state index contributed by atoms with van der Waals surface area (Å²) in [5.41, 5.74) is 3.63. The van der Waals surface area contributed by atoms with Gasteiger partial charge in [0.05, 0.1) is 17.9 Å². The second-order valence-electron chi connectivity index (χ2n) is 8.75. The first-order valence-corrected chi connectivity index (χ1v) is 11.9. The van der Waals surface area contributed by atoms with Gasteiger partial charge in [0, 0.05) is 25.8 Å². The lowest BCUT2D eigenvalue weighted by Gasteiger charge is -2.37. The lowest BCUT2D eigenvalue weighted by atomic mass is 9.94. The highest BCUT2D eigenvalue weighted by Gasteiger charge is 2.37. The van der Waals surface area contributed by atoms with Crippen LogP contribution in [0.25, 0.3) is 0 Å². The van der Waals surface area contributed by atoms with Gasteiger partial charge in [0.25, 0.3) is 0 Å². The Balaban J connectivity index is 1.67. The number of para-hydroxylation sites is 1. The zero-order valence-corrected chi connectivity index (χ0v) is 18.9. The molecular weight excluding hydrogens is 410 g/mol. The van der Waals surface area contributed by atoms with Crippen LogP contribution in [0.1, 0.15) is 50.7 Å². The molecule has 2 aromatic rings. The minimum absolute atomic E-state index is 0.0862. The predicted octanol–water partition coefficient (Wildman–Crippen LogP) is 3.89. The fraction of sp³-hybridized carbons (Fsp3) is 0.458. The number of rotatable bonds is 7. The van der Waals surface area contributed by atoms with Crippen LogP contribution in [0, 0.1) is 5.92 Å². The molecule has 3 amide bonds. The number of fused-ring (bicyclic) bond motifs is 1. The molecule has 0 aliphatic carbocycles. The van der Waals surface area contributed by atoms with Crippen LogP contribution in [-0.4, -0.2) is 30.3 Å². The van der Waals surface area contributed by atoms with E-state index < -0.39 is 6.04 Å². The van der Waals surface area contributed by atoms with Gasteiger partial charge in [-0.1, -0.05) is 26.0 Å². The zero-order valence-electron chi connectivity index (χ0n) is 18.1. The van der Waals surface area contributed by atoms with Gasteiger partial charge in [-0.15, -0.1) is 0 Å². The number of thiophene rings is 1. The largest absolute Gasteiger partial charge is 0.344 e. The average Bonchev–Trinajstić information content (AvgIpc) is 3.40. The maximum Gasteiger partial charge on any atom is 0.250 e. The van der Waals surface area contributed by atoms with Crippen LogP contribution in [0.15, 0.2) is 35.0 Å². The molecule has 2 aliphatic heterocycles. The van der Waals surface area contributed by atoms with Crippen molar-refractivity contribution in [2.75, 3.05) is 16.3 Å². The highest BCUT2D eigenvalue weighted by Crippen LogP contribution is 2.40. The van der Waals surface area contributed by atoms with Gasteiger partial charge in [-0.2, -0.15) is 11.3 Å². The van der Waals surface area contributed by atoms with Crippen LogP contribution in [0.3, 0.4) is 0 Å². The Morgan fingerprint density at radius 2 is 2.10 bits per heavy atom. The molecule has 0 spiro atoms. The third kappa shape index (κ3) is 4.66. The van der Waals surface area contributed by atoms with E-state index in [1.54, 1.807) is 21.1 Å². The van der Waals surface area contributed by atoms with Gasteiger partial charge in [-0.05, 0) is 52.8 Å². The summed E-state index contributed by atoms with van der Waals surface area (Å²) in [6, 6.07) is 7.29. The molecule has 3 heterocycles. The summed E-state index contributed by atoms with van der Waals surface area (Å²) in [4.78, 5) is 42.1. The molecule has 1 unspecified atom stereocenters. The molecule has 1 aromatic heterocycles. The molecule has 164 valence electrons. The lowest BCUT2D eigenvalue weighted by Crippen LogP contribution is -2.53. The van der Waals surface area contributed by atoms with Crippen LogP contribution >= 0.6 is 11.3 Å². The minimum atomic E-state index is -0.588.